The molecule has 108 valence electrons. The van der Waals surface area contributed by atoms with Crippen LogP contribution in [-0.4, -0.2) is 18.0 Å². The molecule has 1 aromatic rings. The molecule has 20 heavy (non-hydrogen) atoms. The van der Waals surface area contributed by atoms with Gasteiger partial charge < -0.3 is 10.6 Å². The number of amides is 1. The molecule has 0 aromatic heterocycles. The van der Waals surface area contributed by atoms with Gasteiger partial charge in [0, 0.05) is 12.6 Å². The zero-order chi connectivity index (χ0) is 13.9. The van der Waals surface area contributed by atoms with Gasteiger partial charge in [0.05, 0.1) is 6.04 Å². The average molecular weight is 276 g/mol. The maximum Gasteiger partial charge on any atom is 0.237 e. The molecule has 1 saturated carbocycles. The van der Waals surface area contributed by atoms with Gasteiger partial charge in [0.15, 0.2) is 0 Å². The molecule has 1 aliphatic carbocycles. The van der Waals surface area contributed by atoms with E-state index in [4.69, 9.17) is 0 Å². The highest BCUT2D eigenvalue weighted by atomic mass is 19.1. The van der Waals surface area contributed by atoms with Crippen molar-refractivity contribution in [1.82, 2.24) is 10.6 Å². The van der Waals surface area contributed by atoms with Crippen LogP contribution in [0.5, 0.6) is 0 Å². The van der Waals surface area contributed by atoms with Crippen molar-refractivity contribution in [2.24, 2.45) is 5.92 Å². The summed E-state index contributed by atoms with van der Waals surface area (Å²) in [5, 5.41) is 6.36. The van der Waals surface area contributed by atoms with E-state index >= 15 is 0 Å². The topological polar surface area (TPSA) is 41.1 Å². The highest BCUT2D eigenvalue weighted by molar-refractivity contribution is 5.82. The van der Waals surface area contributed by atoms with Crippen LogP contribution in [0, 0.1) is 11.7 Å². The Labute approximate surface area is 118 Å². The number of halogens is 1. The van der Waals surface area contributed by atoms with Crippen molar-refractivity contribution in [2.75, 3.05) is 0 Å². The highest BCUT2D eigenvalue weighted by Gasteiger charge is 2.37. The van der Waals surface area contributed by atoms with E-state index in [9.17, 15) is 9.18 Å². The minimum atomic E-state index is -0.262. The van der Waals surface area contributed by atoms with Crippen molar-refractivity contribution >= 4 is 5.91 Å². The number of nitrogens with one attached hydrogen (secondary N) is 2. The van der Waals surface area contributed by atoms with Crippen LogP contribution in [-0.2, 0) is 11.3 Å². The number of benzene rings is 1. The Morgan fingerprint density at radius 1 is 1.35 bits per heavy atom. The van der Waals surface area contributed by atoms with E-state index in [2.05, 4.69) is 10.6 Å². The minimum Gasteiger partial charge on any atom is -0.351 e. The van der Waals surface area contributed by atoms with E-state index in [1.807, 2.05) is 6.07 Å². The van der Waals surface area contributed by atoms with E-state index < -0.39 is 0 Å². The Bertz CT molecular complexity index is 477. The second-order valence-electron chi connectivity index (χ2n) is 5.95. The number of rotatable bonds is 3. The Morgan fingerprint density at radius 3 is 3.00 bits per heavy atom. The van der Waals surface area contributed by atoms with E-state index in [0.717, 1.165) is 12.0 Å². The van der Waals surface area contributed by atoms with Crippen LogP contribution in [0.25, 0.3) is 0 Å². The number of carbonyl (C=O) groups excluding carboxylic acids is 1. The fourth-order valence-electron chi connectivity index (χ4n) is 3.48. The van der Waals surface area contributed by atoms with Crippen molar-refractivity contribution in [3.05, 3.63) is 35.6 Å². The monoisotopic (exact) mass is 276 g/mol. The molecular formula is C16H21FN2O. The van der Waals surface area contributed by atoms with Crippen LogP contribution in [0.1, 0.15) is 37.7 Å². The molecule has 4 heteroatoms. The van der Waals surface area contributed by atoms with Crippen LogP contribution in [0.3, 0.4) is 0 Å². The maximum absolute atomic E-state index is 13.1. The van der Waals surface area contributed by atoms with E-state index in [1.54, 1.807) is 6.07 Å². The Morgan fingerprint density at radius 2 is 2.20 bits per heavy atom. The number of fused-ring (bicyclic) bond motifs is 1. The predicted octanol–water partition coefficient (Wildman–Crippen LogP) is 2.36. The lowest BCUT2D eigenvalue weighted by atomic mass is 9.85. The third-order valence-electron chi connectivity index (χ3n) is 4.54. The summed E-state index contributed by atoms with van der Waals surface area (Å²) in [4.78, 5) is 12.2. The van der Waals surface area contributed by atoms with Gasteiger partial charge in [0.2, 0.25) is 5.91 Å². The van der Waals surface area contributed by atoms with Gasteiger partial charge in [-0.05, 0) is 42.9 Å². The Kier molecular flexibility index (Phi) is 4.01. The fourth-order valence-corrected chi connectivity index (χ4v) is 3.48. The molecule has 1 aliphatic heterocycles. The molecule has 1 aromatic carbocycles. The van der Waals surface area contributed by atoms with Gasteiger partial charge in [0.25, 0.3) is 0 Å². The molecule has 1 heterocycles. The Hall–Kier alpha value is -1.42. The SMILES string of the molecule is O=C(NCc1cccc(F)c1)C1CC2CCCCC2N1. The number of hydrogen-bond donors (Lipinski definition) is 2. The first-order valence-electron chi connectivity index (χ1n) is 7.50. The highest BCUT2D eigenvalue weighted by Crippen LogP contribution is 2.33. The van der Waals surface area contributed by atoms with Crippen molar-refractivity contribution in [2.45, 2.75) is 50.7 Å². The zero-order valence-electron chi connectivity index (χ0n) is 11.6. The first-order chi connectivity index (χ1) is 9.72. The summed E-state index contributed by atoms with van der Waals surface area (Å²) in [6, 6.07) is 6.81. The molecule has 0 radical (unpaired) electrons. The largest absolute Gasteiger partial charge is 0.351 e. The summed E-state index contributed by atoms with van der Waals surface area (Å²) in [7, 11) is 0. The molecule has 2 fully saturated rings. The first-order valence-corrected chi connectivity index (χ1v) is 7.50. The van der Waals surface area contributed by atoms with Gasteiger partial charge in [-0.3, -0.25) is 4.79 Å². The maximum atomic E-state index is 13.1. The van der Waals surface area contributed by atoms with E-state index in [1.165, 1.54) is 37.8 Å². The zero-order valence-corrected chi connectivity index (χ0v) is 11.6. The van der Waals surface area contributed by atoms with Crippen molar-refractivity contribution in [1.29, 1.82) is 0 Å². The lowest BCUT2D eigenvalue weighted by molar-refractivity contribution is -0.123. The van der Waals surface area contributed by atoms with Gasteiger partial charge in [0.1, 0.15) is 5.82 Å². The summed E-state index contributed by atoms with van der Waals surface area (Å²) >= 11 is 0. The fraction of sp³-hybridized carbons (Fsp3) is 0.562. The molecule has 1 amide bonds. The van der Waals surface area contributed by atoms with Crippen LogP contribution in [0.4, 0.5) is 4.39 Å². The molecule has 3 nitrogen and oxygen atoms in total. The quantitative estimate of drug-likeness (QED) is 0.890. The molecular weight excluding hydrogens is 255 g/mol. The van der Waals surface area contributed by atoms with E-state index in [-0.39, 0.29) is 17.8 Å². The van der Waals surface area contributed by atoms with Crippen LogP contribution >= 0.6 is 0 Å². The number of carbonyl (C=O) groups is 1. The molecule has 1 saturated heterocycles. The van der Waals surface area contributed by atoms with Crippen LogP contribution < -0.4 is 10.6 Å². The molecule has 3 unspecified atom stereocenters. The molecule has 0 bridgehead atoms. The molecule has 2 aliphatic rings. The summed E-state index contributed by atoms with van der Waals surface area (Å²) in [6.07, 6.45) is 5.94. The van der Waals surface area contributed by atoms with Gasteiger partial charge in [-0.2, -0.15) is 0 Å². The average Bonchev–Trinajstić information content (AvgIpc) is 2.89. The molecule has 3 atom stereocenters. The van der Waals surface area contributed by atoms with Gasteiger partial charge in [-0.15, -0.1) is 0 Å². The summed E-state index contributed by atoms with van der Waals surface area (Å²) in [5.41, 5.74) is 0.800. The normalized spacial score (nSPS) is 28.9. The third-order valence-corrected chi connectivity index (χ3v) is 4.54. The standard InChI is InChI=1S/C16H21FN2O/c17-13-6-3-4-11(8-13)10-18-16(20)15-9-12-5-1-2-7-14(12)19-15/h3-4,6,8,12,14-15,19H,1-2,5,7,9-10H2,(H,18,20). The number of hydrogen-bond acceptors (Lipinski definition) is 2. The van der Waals surface area contributed by atoms with Crippen molar-refractivity contribution in [3.8, 4) is 0 Å². The minimum absolute atomic E-state index is 0.0451. The lowest BCUT2D eigenvalue weighted by Crippen LogP contribution is -2.42. The van der Waals surface area contributed by atoms with Crippen LogP contribution in [0.2, 0.25) is 0 Å². The summed E-state index contributed by atoms with van der Waals surface area (Å²) in [6.45, 7) is 0.393. The first kappa shape index (κ1) is 13.6. The summed E-state index contributed by atoms with van der Waals surface area (Å²) < 4.78 is 13.1. The lowest BCUT2D eigenvalue weighted by Gasteiger charge is -2.24. The second-order valence-corrected chi connectivity index (χ2v) is 5.95. The third kappa shape index (κ3) is 3.01. The van der Waals surface area contributed by atoms with Gasteiger partial charge >= 0.3 is 0 Å². The molecule has 0 spiro atoms. The van der Waals surface area contributed by atoms with Crippen LogP contribution in [0.15, 0.2) is 24.3 Å². The summed E-state index contributed by atoms with van der Waals surface area (Å²) in [5.74, 6) is 0.444. The molecule has 2 N–H and O–H groups in total. The molecule has 3 rings (SSSR count). The second kappa shape index (κ2) is 5.92. The van der Waals surface area contributed by atoms with Crippen molar-refractivity contribution in [3.63, 3.8) is 0 Å². The van der Waals surface area contributed by atoms with E-state index in [0.29, 0.717) is 18.5 Å². The van der Waals surface area contributed by atoms with Gasteiger partial charge in [-0.1, -0.05) is 25.0 Å². The van der Waals surface area contributed by atoms with Crippen molar-refractivity contribution < 1.29 is 9.18 Å². The Balaban J connectivity index is 1.52. The van der Waals surface area contributed by atoms with Gasteiger partial charge in [-0.25, -0.2) is 4.39 Å². The smallest absolute Gasteiger partial charge is 0.237 e. The predicted molar refractivity (Wildman–Crippen MR) is 75.5 cm³/mol.